The predicted octanol–water partition coefficient (Wildman–Crippen LogP) is 0.0388. The molecule has 2 heterocycles. The zero-order valence-electron chi connectivity index (χ0n) is 17.4. The van der Waals surface area contributed by atoms with Gasteiger partial charge < -0.3 is 20.7 Å². The van der Waals surface area contributed by atoms with E-state index in [0.717, 1.165) is 32.6 Å². The average molecular weight is 396 g/mol. The Labute approximate surface area is 166 Å². The van der Waals surface area contributed by atoms with Gasteiger partial charge in [0.25, 0.3) is 0 Å². The number of nitrogens with one attached hydrogen (secondary N) is 3. The fourth-order valence-electron chi connectivity index (χ4n) is 3.31. The smallest absolute Gasteiger partial charge is 0.337 e. The van der Waals surface area contributed by atoms with Crippen LogP contribution < -0.4 is 16.0 Å². The molecular formula is C19H33N5O4. The molecule has 0 aromatic rings. The fourth-order valence-corrected chi connectivity index (χ4v) is 3.31. The molecule has 0 spiro atoms. The number of amides is 3. The van der Waals surface area contributed by atoms with Crippen LogP contribution in [0.4, 0.5) is 4.79 Å². The van der Waals surface area contributed by atoms with Gasteiger partial charge in [-0.3, -0.25) is 14.6 Å². The van der Waals surface area contributed by atoms with E-state index in [9.17, 15) is 14.4 Å². The molecule has 0 atom stereocenters. The number of rotatable bonds is 6. The molecule has 2 aliphatic heterocycles. The number of urea groups is 1. The van der Waals surface area contributed by atoms with Crippen molar-refractivity contribution < 1.29 is 19.1 Å². The summed E-state index contributed by atoms with van der Waals surface area (Å²) in [5.41, 5.74) is 0.825. The lowest BCUT2D eigenvalue weighted by Gasteiger charge is -2.27. The number of hydrogen-bond acceptors (Lipinski definition) is 6. The summed E-state index contributed by atoms with van der Waals surface area (Å²) in [6, 6.07) is -0.307. The Kier molecular flexibility index (Phi) is 7.82. The SMILES string of the molecule is CCOC(=O)C1=C(CN2CCCN(CC(=O)NC(C)(C)C)CC2)NC(=O)NC1. The molecule has 9 nitrogen and oxygen atoms in total. The highest BCUT2D eigenvalue weighted by atomic mass is 16.5. The van der Waals surface area contributed by atoms with Crippen LogP contribution in [-0.4, -0.2) is 85.7 Å². The largest absolute Gasteiger partial charge is 0.463 e. The maximum atomic E-state index is 12.2. The Balaban J connectivity index is 1.94. The molecule has 0 aliphatic carbocycles. The van der Waals surface area contributed by atoms with Crippen molar-refractivity contribution in [2.24, 2.45) is 0 Å². The number of carbonyl (C=O) groups is 3. The van der Waals surface area contributed by atoms with E-state index in [0.29, 0.717) is 31.0 Å². The van der Waals surface area contributed by atoms with Crippen LogP contribution in [0.1, 0.15) is 34.1 Å². The molecule has 0 unspecified atom stereocenters. The highest BCUT2D eigenvalue weighted by molar-refractivity contribution is 5.93. The zero-order valence-corrected chi connectivity index (χ0v) is 17.4. The highest BCUT2D eigenvalue weighted by Gasteiger charge is 2.26. The fraction of sp³-hybridized carbons (Fsp3) is 0.737. The van der Waals surface area contributed by atoms with Gasteiger partial charge in [-0.25, -0.2) is 9.59 Å². The van der Waals surface area contributed by atoms with Crippen LogP contribution in [0.2, 0.25) is 0 Å². The van der Waals surface area contributed by atoms with Gasteiger partial charge in [0.15, 0.2) is 0 Å². The van der Waals surface area contributed by atoms with Crippen molar-refractivity contribution in [1.29, 1.82) is 0 Å². The molecule has 3 amide bonds. The summed E-state index contributed by atoms with van der Waals surface area (Å²) in [6.45, 7) is 12.2. The van der Waals surface area contributed by atoms with Crippen molar-refractivity contribution in [2.45, 2.75) is 39.7 Å². The van der Waals surface area contributed by atoms with E-state index in [1.807, 2.05) is 20.8 Å². The van der Waals surface area contributed by atoms with Gasteiger partial charge in [0.05, 0.1) is 25.3 Å². The van der Waals surface area contributed by atoms with Crippen molar-refractivity contribution in [3.05, 3.63) is 11.3 Å². The topological polar surface area (TPSA) is 103 Å². The summed E-state index contributed by atoms with van der Waals surface area (Å²) in [5.74, 6) is -0.376. The van der Waals surface area contributed by atoms with Gasteiger partial charge in [-0.05, 0) is 47.2 Å². The van der Waals surface area contributed by atoms with Gasteiger partial charge in [0.2, 0.25) is 5.91 Å². The Hall–Kier alpha value is -2.13. The van der Waals surface area contributed by atoms with Crippen molar-refractivity contribution in [2.75, 3.05) is 52.4 Å². The molecule has 3 N–H and O–H groups in total. The van der Waals surface area contributed by atoms with Crippen LogP contribution in [-0.2, 0) is 14.3 Å². The molecule has 0 bridgehead atoms. The third-order valence-corrected chi connectivity index (χ3v) is 4.52. The van der Waals surface area contributed by atoms with Crippen molar-refractivity contribution in [3.8, 4) is 0 Å². The van der Waals surface area contributed by atoms with Crippen LogP contribution >= 0.6 is 0 Å². The quantitative estimate of drug-likeness (QED) is 0.549. The standard InChI is InChI=1S/C19H33N5O4/c1-5-28-17(26)14-11-20-18(27)21-15(14)12-23-7-6-8-24(10-9-23)13-16(25)22-19(2,3)4/h5-13H2,1-4H3,(H,22,25)(H2,20,21,27). The Morgan fingerprint density at radius 2 is 1.82 bits per heavy atom. The molecule has 0 aromatic heterocycles. The van der Waals surface area contributed by atoms with E-state index in [4.69, 9.17) is 4.74 Å². The summed E-state index contributed by atoms with van der Waals surface area (Å²) < 4.78 is 5.10. The van der Waals surface area contributed by atoms with Crippen molar-refractivity contribution in [1.82, 2.24) is 25.8 Å². The first-order chi connectivity index (χ1) is 13.2. The molecule has 0 aromatic carbocycles. The molecule has 1 fully saturated rings. The maximum Gasteiger partial charge on any atom is 0.337 e. The second-order valence-corrected chi connectivity index (χ2v) is 8.19. The summed E-state index contributed by atoms with van der Waals surface area (Å²) in [6.07, 6.45) is 0.914. The lowest BCUT2D eigenvalue weighted by atomic mass is 10.1. The third-order valence-electron chi connectivity index (χ3n) is 4.52. The third kappa shape index (κ3) is 7.12. The monoisotopic (exact) mass is 395 g/mol. The lowest BCUT2D eigenvalue weighted by Crippen LogP contribution is -2.47. The van der Waals surface area contributed by atoms with Gasteiger partial charge >= 0.3 is 12.0 Å². The number of nitrogens with zero attached hydrogens (tertiary/aromatic N) is 2. The molecule has 2 aliphatic rings. The second-order valence-electron chi connectivity index (χ2n) is 8.19. The number of ether oxygens (including phenoxy) is 1. The first-order valence-corrected chi connectivity index (χ1v) is 9.87. The van der Waals surface area contributed by atoms with E-state index in [-0.39, 0.29) is 24.0 Å². The van der Waals surface area contributed by atoms with E-state index in [2.05, 4.69) is 25.8 Å². The highest BCUT2D eigenvalue weighted by Crippen LogP contribution is 2.12. The first kappa shape index (κ1) is 22.2. The molecule has 2 rings (SSSR count). The zero-order chi connectivity index (χ0) is 20.7. The van der Waals surface area contributed by atoms with E-state index in [1.165, 1.54) is 0 Å². The number of hydrogen-bond donors (Lipinski definition) is 3. The van der Waals surface area contributed by atoms with Crippen LogP contribution in [0.5, 0.6) is 0 Å². The Morgan fingerprint density at radius 1 is 1.14 bits per heavy atom. The molecule has 9 heteroatoms. The molecule has 28 heavy (non-hydrogen) atoms. The normalized spacial score (nSPS) is 19.5. The molecular weight excluding hydrogens is 362 g/mol. The maximum absolute atomic E-state index is 12.2. The number of esters is 1. The lowest BCUT2D eigenvalue weighted by molar-refractivity contribution is -0.138. The van der Waals surface area contributed by atoms with E-state index >= 15 is 0 Å². The Morgan fingerprint density at radius 3 is 2.50 bits per heavy atom. The minimum atomic E-state index is -0.403. The van der Waals surface area contributed by atoms with Crippen LogP contribution in [0, 0.1) is 0 Å². The second kappa shape index (κ2) is 9.88. The summed E-state index contributed by atoms with van der Waals surface area (Å²) >= 11 is 0. The van der Waals surface area contributed by atoms with Crippen molar-refractivity contribution >= 4 is 17.9 Å². The van der Waals surface area contributed by atoms with Gasteiger partial charge in [-0.15, -0.1) is 0 Å². The van der Waals surface area contributed by atoms with Gasteiger partial charge in [0.1, 0.15) is 0 Å². The minimum absolute atomic E-state index is 0.0267. The van der Waals surface area contributed by atoms with E-state index in [1.54, 1.807) is 6.92 Å². The molecule has 0 saturated carbocycles. The van der Waals surface area contributed by atoms with Gasteiger partial charge in [-0.1, -0.05) is 0 Å². The molecule has 158 valence electrons. The number of carbonyl (C=O) groups excluding carboxylic acids is 3. The van der Waals surface area contributed by atoms with Gasteiger partial charge in [-0.2, -0.15) is 0 Å². The minimum Gasteiger partial charge on any atom is -0.463 e. The Bertz CT molecular complexity index is 626. The molecule has 1 saturated heterocycles. The van der Waals surface area contributed by atoms with E-state index < -0.39 is 5.97 Å². The van der Waals surface area contributed by atoms with Crippen molar-refractivity contribution in [3.63, 3.8) is 0 Å². The summed E-state index contributed by atoms with van der Waals surface area (Å²) in [7, 11) is 0. The molecule has 0 radical (unpaired) electrons. The average Bonchev–Trinajstić information content (AvgIpc) is 2.78. The summed E-state index contributed by atoms with van der Waals surface area (Å²) in [4.78, 5) is 40.4. The van der Waals surface area contributed by atoms with Crippen LogP contribution in [0.25, 0.3) is 0 Å². The first-order valence-electron chi connectivity index (χ1n) is 9.87. The van der Waals surface area contributed by atoms with Crippen LogP contribution in [0.15, 0.2) is 11.3 Å². The summed E-state index contributed by atoms with van der Waals surface area (Å²) in [5, 5.41) is 8.36. The van der Waals surface area contributed by atoms with Crippen LogP contribution in [0.3, 0.4) is 0 Å². The predicted molar refractivity (Wildman–Crippen MR) is 106 cm³/mol. The van der Waals surface area contributed by atoms with Gasteiger partial charge in [0, 0.05) is 30.9 Å².